The van der Waals surface area contributed by atoms with Gasteiger partial charge < -0.3 is 9.64 Å². The summed E-state index contributed by atoms with van der Waals surface area (Å²) in [7, 11) is 0. The summed E-state index contributed by atoms with van der Waals surface area (Å²) in [5.74, 6) is -0.734. The molecule has 0 N–H and O–H groups in total. The van der Waals surface area contributed by atoms with Gasteiger partial charge in [-0.3, -0.25) is 9.36 Å². The molecule has 0 unspecified atom stereocenters. The molecular formula is C24H16N2O3. The Bertz CT molecular complexity index is 1310. The van der Waals surface area contributed by atoms with E-state index >= 15 is 0 Å². The Morgan fingerprint density at radius 3 is 2.41 bits per heavy atom. The summed E-state index contributed by atoms with van der Waals surface area (Å²) >= 11 is 0. The largest absolute Gasteiger partial charge is 0.419 e. The van der Waals surface area contributed by atoms with Crippen molar-refractivity contribution >= 4 is 28.5 Å². The van der Waals surface area contributed by atoms with Crippen molar-refractivity contribution in [3.63, 3.8) is 0 Å². The molecule has 5 nitrogen and oxygen atoms in total. The van der Waals surface area contributed by atoms with Gasteiger partial charge in [-0.25, -0.2) is 4.79 Å². The Morgan fingerprint density at radius 2 is 1.55 bits per heavy atom. The van der Waals surface area contributed by atoms with Crippen molar-refractivity contribution in [3.05, 3.63) is 102 Å². The number of fused-ring (bicyclic) bond motifs is 6. The number of anilines is 1. The minimum atomic E-state index is -1.50. The second kappa shape index (κ2) is 5.58. The van der Waals surface area contributed by atoms with Gasteiger partial charge in [-0.15, -0.1) is 0 Å². The van der Waals surface area contributed by atoms with Crippen LogP contribution in [0, 0.1) is 0 Å². The lowest BCUT2D eigenvalue weighted by Gasteiger charge is -2.25. The summed E-state index contributed by atoms with van der Waals surface area (Å²) < 4.78 is 7.63. The van der Waals surface area contributed by atoms with Gasteiger partial charge in [-0.1, -0.05) is 66.7 Å². The van der Waals surface area contributed by atoms with E-state index in [4.69, 9.17) is 4.74 Å². The average Bonchev–Trinajstić information content (AvgIpc) is 3.35. The predicted octanol–water partition coefficient (Wildman–Crippen LogP) is 4.06. The summed E-state index contributed by atoms with van der Waals surface area (Å²) in [6, 6.07) is 26.8. The molecule has 0 aliphatic carbocycles. The topological polar surface area (TPSA) is 51.5 Å². The zero-order chi connectivity index (χ0) is 19.6. The maximum absolute atomic E-state index is 13.9. The molecule has 5 heteroatoms. The molecule has 3 aromatic carbocycles. The third-order valence-corrected chi connectivity index (χ3v) is 5.75. The highest BCUT2D eigenvalue weighted by Crippen LogP contribution is 2.49. The molecule has 29 heavy (non-hydrogen) atoms. The number of hydrogen-bond donors (Lipinski definition) is 0. The van der Waals surface area contributed by atoms with Gasteiger partial charge in [0.05, 0.1) is 23.3 Å². The monoisotopic (exact) mass is 380 g/mol. The van der Waals surface area contributed by atoms with Crippen molar-refractivity contribution in [2.24, 2.45) is 0 Å². The molecular weight excluding hydrogens is 364 g/mol. The van der Waals surface area contributed by atoms with Gasteiger partial charge in [0.2, 0.25) is 0 Å². The van der Waals surface area contributed by atoms with E-state index in [1.54, 1.807) is 15.5 Å². The van der Waals surface area contributed by atoms with E-state index in [0.29, 0.717) is 17.8 Å². The average molecular weight is 380 g/mol. The number of carbonyl (C=O) groups is 2. The van der Waals surface area contributed by atoms with Gasteiger partial charge in [0, 0.05) is 5.39 Å². The van der Waals surface area contributed by atoms with E-state index in [1.165, 1.54) is 0 Å². The van der Waals surface area contributed by atoms with Crippen LogP contribution in [-0.4, -0.2) is 16.4 Å². The number of benzene rings is 3. The fraction of sp³-hybridized carbons (Fsp3) is 0.0833. The van der Waals surface area contributed by atoms with Crippen molar-refractivity contribution in [1.82, 2.24) is 4.57 Å². The van der Waals surface area contributed by atoms with Crippen LogP contribution in [0.2, 0.25) is 0 Å². The van der Waals surface area contributed by atoms with Crippen LogP contribution in [-0.2, 0) is 21.8 Å². The van der Waals surface area contributed by atoms with E-state index in [-0.39, 0.29) is 5.91 Å². The molecule has 6 rings (SSSR count). The second-order valence-corrected chi connectivity index (χ2v) is 7.35. The SMILES string of the molecule is O=C1O[C@]2(C(=O)N(Cc3ccccc3)c3ccccc32)n2c1cc1ccccc12. The highest BCUT2D eigenvalue weighted by atomic mass is 16.6. The lowest BCUT2D eigenvalue weighted by Crippen LogP contribution is -2.45. The molecule has 1 amide bonds. The molecule has 4 aromatic rings. The molecule has 0 fully saturated rings. The first-order chi connectivity index (χ1) is 14.2. The standard InChI is InChI=1S/C24H16N2O3/c27-22-21-14-17-10-4-6-12-19(17)26(21)24(29-22)18-11-5-7-13-20(18)25(23(24)28)15-16-8-2-1-3-9-16/h1-14H,15H2/t24-/m1/s1. The minimum Gasteiger partial charge on any atom is -0.419 e. The summed E-state index contributed by atoms with van der Waals surface area (Å²) in [5, 5.41) is 0.908. The quantitative estimate of drug-likeness (QED) is 0.493. The summed E-state index contributed by atoms with van der Waals surface area (Å²) in [5.41, 5.74) is 2.17. The maximum Gasteiger partial charge on any atom is 0.357 e. The van der Waals surface area contributed by atoms with Gasteiger partial charge in [0.15, 0.2) is 0 Å². The van der Waals surface area contributed by atoms with Gasteiger partial charge in [0.25, 0.3) is 11.6 Å². The van der Waals surface area contributed by atoms with Crippen molar-refractivity contribution in [3.8, 4) is 0 Å². The van der Waals surface area contributed by atoms with Crippen LogP contribution in [0.4, 0.5) is 5.69 Å². The first kappa shape index (κ1) is 16.1. The molecule has 140 valence electrons. The van der Waals surface area contributed by atoms with Crippen LogP contribution in [0.3, 0.4) is 0 Å². The van der Waals surface area contributed by atoms with Crippen LogP contribution >= 0.6 is 0 Å². The lowest BCUT2D eigenvalue weighted by atomic mass is 10.0. The third-order valence-electron chi connectivity index (χ3n) is 5.75. The Morgan fingerprint density at radius 1 is 0.828 bits per heavy atom. The Kier molecular flexibility index (Phi) is 3.10. The van der Waals surface area contributed by atoms with Crippen molar-refractivity contribution < 1.29 is 14.3 Å². The highest BCUT2D eigenvalue weighted by molar-refractivity contribution is 6.12. The molecule has 0 saturated carbocycles. The van der Waals surface area contributed by atoms with E-state index in [2.05, 4.69) is 0 Å². The molecule has 0 radical (unpaired) electrons. The predicted molar refractivity (Wildman–Crippen MR) is 109 cm³/mol. The highest BCUT2D eigenvalue weighted by Gasteiger charge is 2.60. The first-order valence-corrected chi connectivity index (χ1v) is 9.50. The van der Waals surface area contributed by atoms with Crippen molar-refractivity contribution in [2.75, 3.05) is 4.90 Å². The van der Waals surface area contributed by atoms with Gasteiger partial charge in [-0.2, -0.15) is 0 Å². The zero-order valence-electron chi connectivity index (χ0n) is 15.4. The van der Waals surface area contributed by atoms with Crippen LogP contribution in [0.25, 0.3) is 10.9 Å². The fourth-order valence-electron chi connectivity index (χ4n) is 4.52. The number of hydrogen-bond acceptors (Lipinski definition) is 3. The van der Waals surface area contributed by atoms with Crippen LogP contribution in [0.15, 0.2) is 84.9 Å². The fourth-order valence-corrected chi connectivity index (χ4v) is 4.52. The van der Waals surface area contributed by atoms with E-state index in [0.717, 1.165) is 22.2 Å². The van der Waals surface area contributed by atoms with Crippen LogP contribution < -0.4 is 4.90 Å². The Balaban J connectivity index is 1.60. The number of rotatable bonds is 2. The molecule has 3 heterocycles. The third kappa shape index (κ3) is 1.99. The zero-order valence-corrected chi connectivity index (χ0v) is 15.4. The second-order valence-electron chi connectivity index (χ2n) is 7.35. The number of esters is 1. The van der Waals surface area contributed by atoms with Gasteiger partial charge in [-0.05, 0) is 23.8 Å². The molecule has 2 aliphatic rings. The number of amides is 1. The number of aromatic nitrogens is 1. The maximum atomic E-state index is 13.9. The molecule has 0 saturated heterocycles. The van der Waals surface area contributed by atoms with Crippen LogP contribution in [0.1, 0.15) is 21.6 Å². The van der Waals surface area contributed by atoms with E-state index in [9.17, 15) is 9.59 Å². The molecule has 2 aliphatic heterocycles. The summed E-state index contributed by atoms with van der Waals surface area (Å²) in [4.78, 5) is 28.4. The molecule has 0 bridgehead atoms. The number of ether oxygens (including phenoxy) is 1. The minimum absolute atomic E-state index is 0.254. The Hall–Kier alpha value is -3.86. The smallest absolute Gasteiger partial charge is 0.357 e. The van der Waals surface area contributed by atoms with Gasteiger partial charge >= 0.3 is 5.97 Å². The lowest BCUT2D eigenvalue weighted by molar-refractivity contribution is -0.137. The summed E-state index contributed by atoms with van der Waals surface area (Å²) in [6.07, 6.45) is 0. The number of carbonyl (C=O) groups excluding carboxylic acids is 2. The van der Waals surface area contributed by atoms with E-state index in [1.807, 2.05) is 78.9 Å². The molecule has 1 aromatic heterocycles. The number of nitrogens with zero attached hydrogens (tertiary/aromatic N) is 2. The Labute approximate surface area is 166 Å². The van der Waals surface area contributed by atoms with Crippen LogP contribution in [0.5, 0.6) is 0 Å². The van der Waals surface area contributed by atoms with E-state index < -0.39 is 11.7 Å². The normalized spacial score (nSPS) is 19.7. The number of para-hydroxylation sites is 2. The van der Waals surface area contributed by atoms with Crippen molar-refractivity contribution in [1.29, 1.82) is 0 Å². The molecule has 1 atom stereocenters. The summed E-state index contributed by atoms with van der Waals surface area (Å²) in [6.45, 7) is 0.407. The van der Waals surface area contributed by atoms with Crippen molar-refractivity contribution in [2.45, 2.75) is 12.3 Å². The van der Waals surface area contributed by atoms with Gasteiger partial charge in [0.1, 0.15) is 5.69 Å². The molecule has 1 spiro atoms. The first-order valence-electron chi connectivity index (χ1n) is 9.50.